The molecule has 0 fully saturated rings. The van der Waals surface area contributed by atoms with Gasteiger partial charge >= 0.3 is 0 Å². The molecule has 0 aliphatic carbocycles. The first-order valence-electron chi connectivity index (χ1n) is 9.47. The van der Waals surface area contributed by atoms with Crippen LogP contribution < -0.4 is 10.6 Å². The highest BCUT2D eigenvalue weighted by Crippen LogP contribution is 2.25. The van der Waals surface area contributed by atoms with E-state index in [1.807, 2.05) is 42.5 Å². The van der Waals surface area contributed by atoms with Crippen LogP contribution in [0, 0.1) is 0 Å². The van der Waals surface area contributed by atoms with Gasteiger partial charge in [-0.3, -0.25) is 9.89 Å². The summed E-state index contributed by atoms with van der Waals surface area (Å²) >= 11 is 0. The fraction of sp³-hybridized carbons (Fsp3) is 0.174. The van der Waals surface area contributed by atoms with Gasteiger partial charge in [0, 0.05) is 23.0 Å². The molecule has 0 aliphatic rings. The lowest BCUT2D eigenvalue weighted by Gasteiger charge is -2.19. The lowest BCUT2D eigenvalue weighted by Crippen LogP contribution is -2.15. The van der Waals surface area contributed by atoms with Crippen molar-refractivity contribution < 1.29 is 4.79 Å². The molecule has 2 aromatic carbocycles. The zero-order valence-corrected chi connectivity index (χ0v) is 17.9. The molecule has 0 saturated heterocycles. The van der Waals surface area contributed by atoms with Gasteiger partial charge in [0.15, 0.2) is 0 Å². The van der Waals surface area contributed by atoms with Crippen molar-refractivity contribution in [2.45, 2.75) is 26.2 Å². The molecule has 0 saturated carbocycles. The molecule has 2 heterocycles. The van der Waals surface area contributed by atoms with Crippen LogP contribution in [-0.4, -0.2) is 21.1 Å². The van der Waals surface area contributed by atoms with E-state index < -0.39 is 0 Å². The summed E-state index contributed by atoms with van der Waals surface area (Å²) in [6.45, 7) is 6.48. The number of benzene rings is 2. The summed E-state index contributed by atoms with van der Waals surface area (Å²) in [6.07, 6.45) is 3.43. The largest absolute Gasteiger partial charge is 0.340 e. The summed E-state index contributed by atoms with van der Waals surface area (Å²) in [4.78, 5) is 17.2. The van der Waals surface area contributed by atoms with E-state index in [1.165, 1.54) is 5.56 Å². The molecule has 0 aliphatic heterocycles. The third-order valence-corrected chi connectivity index (χ3v) is 4.77. The number of carbonyl (C=O) groups excluding carboxylic acids is 1. The molecule has 0 unspecified atom stereocenters. The van der Waals surface area contributed by atoms with E-state index in [-0.39, 0.29) is 23.7 Å². The highest BCUT2D eigenvalue weighted by Gasteiger charge is 2.15. The Morgan fingerprint density at radius 3 is 2.47 bits per heavy atom. The molecule has 2 aromatic heterocycles. The highest BCUT2D eigenvalue weighted by molar-refractivity contribution is 6.07. The number of carbonyl (C=O) groups is 1. The Hall–Kier alpha value is -3.38. The number of nitrogens with zero attached hydrogens (tertiary/aromatic N) is 2. The second-order valence-electron chi connectivity index (χ2n) is 7.98. The average molecular weight is 422 g/mol. The van der Waals surface area contributed by atoms with Crippen molar-refractivity contribution in [3.05, 3.63) is 78.1 Å². The van der Waals surface area contributed by atoms with Crippen LogP contribution in [0.3, 0.4) is 0 Å². The Labute approximate surface area is 181 Å². The quantitative estimate of drug-likeness (QED) is 0.396. The third-order valence-electron chi connectivity index (χ3n) is 4.77. The number of anilines is 3. The average Bonchev–Trinajstić information content (AvgIpc) is 3.16. The van der Waals surface area contributed by atoms with Gasteiger partial charge in [0.2, 0.25) is 0 Å². The molecule has 4 aromatic rings. The lowest BCUT2D eigenvalue weighted by atomic mass is 9.87. The van der Waals surface area contributed by atoms with Gasteiger partial charge in [-0.1, -0.05) is 32.9 Å². The minimum absolute atomic E-state index is 0. The monoisotopic (exact) mass is 421 g/mol. The van der Waals surface area contributed by atoms with E-state index in [2.05, 4.69) is 46.6 Å². The van der Waals surface area contributed by atoms with E-state index in [0.29, 0.717) is 11.4 Å². The zero-order valence-electron chi connectivity index (χ0n) is 17.1. The van der Waals surface area contributed by atoms with Gasteiger partial charge in [-0.2, -0.15) is 5.10 Å². The fourth-order valence-electron chi connectivity index (χ4n) is 3.09. The van der Waals surface area contributed by atoms with Crippen LogP contribution in [0.2, 0.25) is 0 Å². The molecule has 4 rings (SSSR count). The Morgan fingerprint density at radius 2 is 1.73 bits per heavy atom. The summed E-state index contributed by atoms with van der Waals surface area (Å²) in [5.74, 6) is 0.280. The Bertz CT molecular complexity index is 1160. The third kappa shape index (κ3) is 4.60. The van der Waals surface area contributed by atoms with Crippen LogP contribution in [0.25, 0.3) is 10.9 Å². The van der Waals surface area contributed by atoms with Gasteiger partial charge in [0.25, 0.3) is 5.91 Å². The van der Waals surface area contributed by atoms with Gasteiger partial charge in [-0.05, 0) is 53.4 Å². The second kappa shape index (κ2) is 8.55. The molecule has 30 heavy (non-hydrogen) atoms. The Balaban J connectivity index is 0.00000256. The molecule has 3 N–H and O–H groups in total. The maximum absolute atomic E-state index is 12.9. The maximum atomic E-state index is 12.9. The number of aromatic amines is 1. The van der Waals surface area contributed by atoms with Crippen molar-refractivity contribution >= 4 is 46.4 Å². The van der Waals surface area contributed by atoms with Crippen molar-refractivity contribution in [1.29, 1.82) is 0 Å². The zero-order chi connectivity index (χ0) is 20.4. The van der Waals surface area contributed by atoms with Gasteiger partial charge < -0.3 is 10.6 Å². The van der Waals surface area contributed by atoms with E-state index in [9.17, 15) is 4.79 Å². The topological polar surface area (TPSA) is 82.7 Å². The number of fused-ring (bicyclic) bond motifs is 1. The van der Waals surface area contributed by atoms with Crippen LogP contribution in [-0.2, 0) is 5.41 Å². The number of aromatic nitrogens is 3. The number of hydrogen-bond donors (Lipinski definition) is 3. The molecule has 1 amide bonds. The van der Waals surface area contributed by atoms with Gasteiger partial charge in [-0.25, -0.2) is 4.98 Å². The predicted octanol–water partition coefficient (Wildman–Crippen LogP) is 5.67. The molecule has 6 nitrogen and oxygen atoms in total. The number of amides is 1. The molecular formula is C23H24ClN5O. The molecule has 154 valence electrons. The van der Waals surface area contributed by atoms with Gasteiger partial charge in [0.1, 0.15) is 5.82 Å². The number of rotatable bonds is 4. The number of H-pyrrole nitrogens is 1. The second-order valence-corrected chi connectivity index (χ2v) is 7.98. The van der Waals surface area contributed by atoms with Crippen molar-refractivity contribution in [3.8, 4) is 0 Å². The smallest absolute Gasteiger partial charge is 0.259 e. The number of nitrogens with one attached hydrogen (secondary N) is 3. The molecule has 0 radical (unpaired) electrons. The van der Waals surface area contributed by atoms with Crippen molar-refractivity contribution in [2.75, 3.05) is 10.6 Å². The lowest BCUT2D eigenvalue weighted by molar-refractivity contribution is 0.102. The van der Waals surface area contributed by atoms with Crippen LogP contribution in [0.15, 0.2) is 67.0 Å². The number of hydrogen-bond acceptors (Lipinski definition) is 4. The van der Waals surface area contributed by atoms with Crippen LogP contribution in [0.5, 0.6) is 0 Å². The summed E-state index contributed by atoms with van der Waals surface area (Å²) in [7, 11) is 0. The Morgan fingerprint density at radius 1 is 1.00 bits per heavy atom. The van der Waals surface area contributed by atoms with Gasteiger partial charge in [-0.15, -0.1) is 12.4 Å². The fourth-order valence-corrected chi connectivity index (χ4v) is 3.09. The molecular weight excluding hydrogens is 398 g/mol. The summed E-state index contributed by atoms with van der Waals surface area (Å²) in [5.41, 5.74) is 4.24. The first-order chi connectivity index (χ1) is 13.9. The Kier molecular flexibility index (Phi) is 6.08. The SMILES string of the molecule is CC(C)(C)c1ccc(NC(=O)c2cccnc2Nc2ccc3cn[nH]c3c2)cc1.Cl. The van der Waals surface area contributed by atoms with E-state index in [0.717, 1.165) is 22.3 Å². The van der Waals surface area contributed by atoms with Crippen molar-refractivity contribution in [2.24, 2.45) is 0 Å². The van der Waals surface area contributed by atoms with Gasteiger partial charge in [0.05, 0.1) is 17.3 Å². The molecule has 0 spiro atoms. The minimum atomic E-state index is -0.216. The molecule has 0 atom stereocenters. The van der Waals surface area contributed by atoms with E-state index in [1.54, 1.807) is 24.5 Å². The first kappa shape index (κ1) is 21.3. The number of halogens is 1. The van der Waals surface area contributed by atoms with E-state index in [4.69, 9.17) is 0 Å². The van der Waals surface area contributed by atoms with Crippen LogP contribution in [0.4, 0.5) is 17.2 Å². The first-order valence-corrected chi connectivity index (χ1v) is 9.47. The highest BCUT2D eigenvalue weighted by atomic mass is 35.5. The molecule has 0 bridgehead atoms. The van der Waals surface area contributed by atoms with Crippen molar-refractivity contribution in [1.82, 2.24) is 15.2 Å². The summed E-state index contributed by atoms with van der Waals surface area (Å²) in [5, 5.41) is 14.2. The maximum Gasteiger partial charge on any atom is 0.259 e. The summed E-state index contributed by atoms with van der Waals surface area (Å²) < 4.78 is 0. The van der Waals surface area contributed by atoms with Crippen LogP contribution >= 0.6 is 12.4 Å². The normalized spacial score (nSPS) is 11.0. The standard InChI is InChI=1S/C23H23N5O.ClH/c1-23(2,3)16-7-10-17(11-8-16)27-22(29)19-5-4-12-24-21(19)26-18-9-6-15-14-25-28-20(15)13-18;/h4-14H,1-3H3,(H,24,26)(H,25,28)(H,27,29);1H. The minimum Gasteiger partial charge on any atom is -0.340 e. The predicted molar refractivity (Wildman–Crippen MR) is 124 cm³/mol. The van der Waals surface area contributed by atoms with Crippen molar-refractivity contribution in [3.63, 3.8) is 0 Å². The van der Waals surface area contributed by atoms with Crippen LogP contribution in [0.1, 0.15) is 36.7 Å². The summed E-state index contributed by atoms with van der Waals surface area (Å²) in [6, 6.07) is 17.3. The van der Waals surface area contributed by atoms with E-state index >= 15 is 0 Å². The molecule has 7 heteroatoms. The number of pyridine rings is 1.